The van der Waals surface area contributed by atoms with Crippen LogP contribution < -0.4 is 5.73 Å². The number of anilines is 1. The monoisotopic (exact) mass is 273 g/mol. The summed E-state index contributed by atoms with van der Waals surface area (Å²) < 4.78 is 8.49. The molecule has 20 heavy (non-hydrogen) atoms. The van der Waals surface area contributed by atoms with E-state index in [-0.39, 0.29) is 31.1 Å². The Morgan fingerprint density at radius 1 is 1.30 bits per heavy atom. The molecule has 1 heterocycles. The highest BCUT2D eigenvalue weighted by molar-refractivity contribution is 6.06. The molecule has 1 amide bonds. The molecule has 0 bridgehead atoms. The van der Waals surface area contributed by atoms with Gasteiger partial charge in [0.1, 0.15) is 5.78 Å². The zero-order chi connectivity index (χ0) is 15.2. The van der Waals surface area contributed by atoms with Gasteiger partial charge < -0.3 is 10.6 Å². The number of carbonyl (C=O) groups excluding carboxylic acids is 3. The van der Waals surface area contributed by atoms with Gasteiger partial charge in [-0.25, -0.2) is 0 Å². The molecule has 1 saturated carbocycles. The Morgan fingerprint density at radius 2 is 2.10 bits per heavy atom. The van der Waals surface area contributed by atoms with Crippen molar-refractivity contribution < 1.29 is 15.8 Å². The van der Waals surface area contributed by atoms with Crippen molar-refractivity contribution in [2.24, 2.45) is 0 Å². The first-order chi connectivity index (χ1) is 9.93. The topological polar surface area (TPSA) is 80.5 Å². The number of hydrogen-bond donors (Lipinski definition) is 1. The third-order valence-electron chi connectivity index (χ3n) is 3.88. The maximum absolute atomic E-state index is 12.5. The second kappa shape index (κ2) is 4.74. The number of benzene rings is 1. The Labute approximate surface area is 118 Å². The molecule has 1 aromatic carbocycles. The van der Waals surface area contributed by atoms with Gasteiger partial charge in [0.2, 0.25) is 0 Å². The van der Waals surface area contributed by atoms with Gasteiger partial charge in [0.25, 0.3) is 5.91 Å². The normalized spacial score (nSPS) is 27.3. The quantitative estimate of drug-likeness (QED) is 0.475. The van der Waals surface area contributed by atoms with Gasteiger partial charge in [0.15, 0.2) is 5.78 Å². The third kappa shape index (κ3) is 1.99. The van der Waals surface area contributed by atoms with E-state index in [1.807, 2.05) is 0 Å². The molecule has 1 atom stereocenters. The average Bonchev–Trinajstić information content (AvgIpc) is 2.71. The van der Waals surface area contributed by atoms with Crippen LogP contribution in [0.2, 0.25) is 0 Å². The molecule has 0 radical (unpaired) electrons. The molecule has 2 aliphatic rings. The van der Waals surface area contributed by atoms with Crippen molar-refractivity contribution in [2.75, 3.05) is 5.73 Å². The summed E-state index contributed by atoms with van der Waals surface area (Å²) >= 11 is 0. The van der Waals surface area contributed by atoms with Crippen LogP contribution in [0.5, 0.6) is 0 Å². The lowest BCUT2D eigenvalue weighted by Gasteiger charge is -2.25. The van der Waals surface area contributed by atoms with Gasteiger partial charge in [-0.1, -0.05) is 6.07 Å². The molecule has 104 valence electrons. The summed E-state index contributed by atoms with van der Waals surface area (Å²) in [6, 6.07) is 3.38. The summed E-state index contributed by atoms with van der Waals surface area (Å²) in [5.41, 5.74) is 7.48. The van der Waals surface area contributed by atoms with Crippen molar-refractivity contribution in [3.8, 4) is 0 Å². The zero-order valence-corrected chi connectivity index (χ0v) is 11.0. The first kappa shape index (κ1) is 11.6. The van der Waals surface area contributed by atoms with Crippen LogP contribution in [0.15, 0.2) is 18.2 Å². The van der Waals surface area contributed by atoms with E-state index < -0.39 is 11.8 Å². The maximum Gasteiger partial charge on any atom is 0.255 e. The first-order valence-corrected chi connectivity index (χ1v) is 6.68. The number of nitrogen functional groups attached to an aromatic ring is 1. The van der Waals surface area contributed by atoms with Crippen molar-refractivity contribution in [1.29, 1.82) is 0 Å². The molecule has 3 rings (SSSR count). The van der Waals surface area contributed by atoms with Crippen LogP contribution in [-0.2, 0) is 16.1 Å². The molecule has 0 spiro atoms. The van der Waals surface area contributed by atoms with Gasteiger partial charge in [0, 0.05) is 29.8 Å². The summed E-state index contributed by atoms with van der Waals surface area (Å²) in [6.07, 6.45) is 0.670. The van der Waals surface area contributed by atoms with E-state index >= 15 is 0 Å². The molecule has 5 nitrogen and oxygen atoms in total. The predicted molar refractivity (Wildman–Crippen MR) is 73.0 cm³/mol. The molecule has 1 aliphatic carbocycles. The fourth-order valence-corrected chi connectivity index (χ4v) is 2.82. The summed E-state index contributed by atoms with van der Waals surface area (Å²) in [5, 5.41) is 0. The number of nitrogens with zero attached hydrogens (tertiary/aromatic N) is 1. The molecular weight excluding hydrogens is 256 g/mol. The van der Waals surface area contributed by atoms with Gasteiger partial charge in [-0.05, 0) is 25.0 Å². The van der Waals surface area contributed by atoms with Gasteiger partial charge in [-0.2, -0.15) is 0 Å². The molecule has 1 aromatic rings. The summed E-state index contributed by atoms with van der Waals surface area (Å²) in [5.74, 6) is -1.00. The Hall–Kier alpha value is -2.17. The Balaban J connectivity index is 1.98. The van der Waals surface area contributed by atoms with Crippen molar-refractivity contribution >= 4 is 23.2 Å². The van der Waals surface area contributed by atoms with E-state index in [0.717, 1.165) is 0 Å². The second-order valence-electron chi connectivity index (χ2n) is 5.20. The lowest BCUT2D eigenvalue weighted by atomic mass is 10.1. The van der Waals surface area contributed by atoms with E-state index in [4.69, 9.17) is 7.10 Å². The molecule has 0 saturated heterocycles. The highest BCUT2D eigenvalue weighted by atomic mass is 16.2. The fourth-order valence-electron chi connectivity index (χ4n) is 2.82. The van der Waals surface area contributed by atoms with Crippen LogP contribution in [-0.4, -0.2) is 28.4 Å². The standard InChI is InChI=1S/C15H16N2O3/c16-12-5-2-4-10-11(12)8-17(15(10)20)13-6-1-3-9(18)7-14(13)19/h2,4-5,13H,1,3,6-8,16H2/t13-/m1/s1/i13D. The average molecular weight is 273 g/mol. The van der Waals surface area contributed by atoms with Gasteiger partial charge >= 0.3 is 0 Å². The van der Waals surface area contributed by atoms with E-state index in [0.29, 0.717) is 29.7 Å². The lowest BCUT2D eigenvalue weighted by molar-refractivity contribution is -0.128. The lowest BCUT2D eigenvalue weighted by Crippen LogP contribution is -2.41. The minimum atomic E-state index is -1.66. The van der Waals surface area contributed by atoms with Crippen LogP contribution in [0.4, 0.5) is 5.69 Å². The molecule has 0 unspecified atom stereocenters. The number of Topliss-reactive ketones (excluding diaryl/α,β-unsaturated/α-hetero) is 2. The molecule has 1 fully saturated rings. The SMILES string of the molecule is [2H][C@@]1(N2Cc3c(N)cccc3C2=O)CCCC(=O)CC1=O. The van der Waals surface area contributed by atoms with Gasteiger partial charge in [-0.15, -0.1) is 0 Å². The zero-order valence-electron chi connectivity index (χ0n) is 12.0. The molecule has 1 aliphatic heterocycles. The number of carbonyl (C=O) groups is 3. The molecular formula is C15H16N2O3. The number of amides is 1. The number of ketones is 2. The van der Waals surface area contributed by atoms with Crippen LogP contribution in [0.1, 0.15) is 43.0 Å². The summed E-state index contributed by atoms with van der Waals surface area (Å²) in [6.45, 7) is 0.157. The van der Waals surface area contributed by atoms with Crippen molar-refractivity contribution in [3.63, 3.8) is 0 Å². The largest absolute Gasteiger partial charge is 0.398 e. The Bertz CT molecular complexity index is 658. The van der Waals surface area contributed by atoms with Crippen LogP contribution in [0, 0.1) is 0 Å². The number of rotatable bonds is 1. The fraction of sp³-hybridized carbons (Fsp3) is 0.400. The summed E-state index contributed by atoms with van der Waals surface area (Å²) in [4.78, 5) is 37.6. The number of hydrogen-bond acceptors (Lipinski definition) is 4. The predicted octanol–water partition coefficient (Wildman–Crippen LogP) is 1.31. The smallest absolute Gasteiger partial charge is 0.255 e. The van der Waals surface area contributed by atoms with E-state index in [1.54, 1.807) is 18.2 Å². The number of fused-ring (bicyclic) bond motifs is 1. The van der Waals surface area contributed by atoms with Gasteiger partial charge in [0.05, 0.1) is 13.8 Å². The van der Waals surface area contributed by atoms with E-state index in [1.165, 1.54) is 4.90 Å². The van der Waals surface area contributed by atoms with Crippen LogP contribution >= 0.6 is 0 Å². The van der Waals surface area contributed by atoms with Crippen molar-refractivity contribution in [2.45, 2.75) is 38.2 Å². The van der Waals surface area contributed by atoms with Crippen molar-refractivity contribution in [1.82, 2.24) is 4.90 Å². The molecule has 0 aromatic heterocycles. The highest BCUT2D eigenvalue weighted by Gasteiger charge is 2.38. The van der Waals surface area contributed by atoms with Crippen molar-refractivity contribution in [3.05, 3.63) is 29.3 Å². The van der Waals surface area contributed by atoms with E-state index in [2.05, 4.69) is 0 Å². The Kier molecular flexibility index (Phi) is 2.76. The van der Waals surface area contributed by atoms with E-state index in [9.17, 15) is 14.4 Å². The third-order valence-corrected chi connectivity index (χ3v) is 3.88. The first-order valence-electron chi connectivity index (χ1n) is 7.18. The number of nitrogens with two attached hydrogens (primary N) is 1. The highest BCUT2D eigenvalue weighted by Crippen LogP contribution is 2.31. The summed E-state index contributed by atoms with van der Waals surface area (Å²) in [7, 11) is 0. The minimum Gasteiger partial charge on any atom is -0.398 e. The second-order valence-corrected chi connectivity index (χ2v) is 5.20. The molecule has 2 N–H and O–H groups in total. The van der Waals surface area contributed by atoms with Gasteiger partial charge in [-0.3, -0.25) is 14.4 Å². The molecule has 5 heteroatoms. The Morgan fingerprint density at radius 3 is 2.85 bits per heavy atom. The minimum absolute atomic E-state index is 0.155. The van der Waals surface area contributed by atoms with Crippen LogP contribution in [0.3, 0.4) is 0 Å². The van der Waals surface area contributed by atoms with Crippen LogP contribution in [0.25, 0.3) is 0 Å². The maximum atomic E-state index is 12.5.